The Hall–Kier alpha value is -4.23. The van der Waals surface area contributed by atoms with Gasteiger partial charge in [-0.3, -0.25) is 19.2 Å². The molecule has 1 saturated carbocycles. The average molecular weight is 645 g/mol. The molecule has 0 amide bonds. The van der Waals surface area contributed by atoms with Crippen molar-refractivity contribution in [3.05, 3.63) is 45.9 Å². The van der Waals surface area contributed by atoms with Crippen LogP contribution in [0.3, 0.4) is 0 Å². The normalized spacial score (nSPS) is 16.5. The monoisotopic (exact) mass is 644 g/mol. The summed E-state index contributed by atoms with van der Waals surface area (Å²) in [5, 5.41) is 19.2. The molecule has 1 fully saturated rings. The smallest absolute Gasteiger partial charge is 0.307 e. The lowest BCUT2D eigenvalue weighted by molar-refractivity contribution is -0.141. The number of thiophene rings is 2. The van der Waals surface area contributed by atoms with Gasteiger partial charge in [-0.25, -0.2) is 4.39 Å². The summed E-state index contributed by atoms with van der Waals surface area (Å²) in [4.78, 5) is 48.3. The van der Waals surface area contributed by atoms with E-state index in [1.807, 2.05) is 0 Å². The number of hydrogen-bond donors (Lipinski definition) is 2. The van der Waals surface area contributed by atoms with Crippen molar-refractivity contribution in [3.63, 3.8) is 0 Å². The third-order valence-electron chi connectivity index (χ3n) is 7.37. The van der Waals surface area contributed by atoms with E-state index in [9.17, 15) is 19.2 Å². The maximum atomic E-state index is 15.5. The third-order valence-corrected chi connectivity index (χ3v) is 9.61. The number of carboxylic acids is 2. The van der Waals surface area contributed by atoms with Crippen molar-refractivity contribution in [2.45, 2.75) is 26.2 Å². The number of Topliss-reactive ketones (excluding diaryl/α,β-unsaturated/α-hetero) is 2. The van der Waals surface area contributed by atoms with Crippen molar-refractivity contribution in [3.8, 4) is 23.0 Å². The molecule has 1 aliphatic rings. The second-order valence-corrected chi connectivity index (χ2v) is 12.6. The van der Waals surface area contributed by atoms with E-state index in [2.05, 4.69) is 0 Å². The minimum atomic E-state index is -1.03. The number of aliphatic carboxylic acids is 2. The summed E-state index contributed by atoms with van der Waals surface area (Å²) in [5.74, 6) is -4.35. The van der Waals surface area contributed by atoms with Gasteiger partial charge >= 0.3 is 11.9 Å². The van der Waals surface area contributed by atoms with Gasteiger partial charge in [-0.2, -0.15) is 0 Å². The summed E-state index contributed by atoms with van der Waals surface area (Å²) < 4.78 is 39.2. The Bertz CT molecular complexity index is 1770. The van der Waals surface area contributed by atoms with Gasteiger partial charge in [-0.15, -0.1) is 22.7 Å². The zero-order chi connectivity index (χ0) is 31.7. The maximum Gasteiger partial charge on any atom is 0.307 e. The Labute approximate surface area is 258 Å². The molecule has 0 radical (unpaired) electrons. The lowest BCUT2D eigenvalue weighted by Crippen LogP contribution is -2.13. The molecule has 2 N–H and O–H groups in total. The molecule has 0 aliphatic heterocycles. The maximum absolute atomic E-state index is 15.5. The Morgan fingerprint density at radius 2 is 1.57 bits per heavy atom. The number of ether oxygens (including phenoxy) is 4. The van der Waals surface area contributed by atoms with Crippen molar-refractivity contribution in [1.82, 2.24) is 0 Å². The summed E-state index contributed by atoms with van der Waals surface area (Å²) in [6.45, 7) is 1.77. The fourth-order valence-corrected chi connectivity index (χ4v) is 6.90. The SMILES string of the molecule is COc1cc2cc(C(=O)C[C@H](C)C(=O)O)sc2cc1OCCCOc1c(OC)cc2sc(C(=O)[C@@H]3C[C@H]3C(=O)O)cc2c1F. The predicted octanol–water partition coefficient (Wildman–Crippen LogP) is 6.32. The largest absolute Gasteiger partial charge is 0.493 e. The highest BCUT2D eigenvalue weighted by Gasteiger charge is 2.48. The highest BCUT2D eigenvalue weighted by atomic mass is 32.1. The lowest BCUT2D eigenvalue weighted by atomic mass is 10.0. The molecule has 3 atom stereocenters. The number of rotatable bonds is 15. The quantitative estimate of drug-likeness (QED) is 0.111. The van der Waals surface area contributed by atoms with E-state index in [1.54, 1.807) is 24.3 Å². The van der Waals surface area contributed by atoms with Gasteiger partial charge in [0.05, 0.1) is 49.0 Å². The number of carbonyl (C=O) groups is 4. The predicted molar refractivity (Wildman–Crippen MR) is 162 cm³/mol. The molecule has 2 heterocycles. The topological polar surface area (TPSA) is 146 Å². The van der Waals surface area contributed by atoms with Gasteiger partial charge in [0.25, 0.3) is 0 Å². The van der Waals surface area contributed by atoms with Crippen LogP contribution in [0.4, 0.5) is 4.39 Å². The number of ketones is 2. The van der Waals surface area contributed by atoms with Gasteiger partial charge in [0.15, 0.2) is 40.4 Å². The fraction of sp³-hybridized carbons (Fsp3) is 0.355. The van der Waals surface area contributed by atoms with Crippen LogP contribution in [0, 0.1) is 23.6 Å². The van der Waals surface area contributed by atoms with Crippen LogP contribution in [-0.2, 0) is 9.59 Å². The number of carboxylic acid groups (broad SMARTS) is 2. The van der Waals surface area contributed by atoms with Gasteiger partial charge in [0, 0.05) is 45.7 Å². The number of benzene rings is 2. The van der Waals surface area contributed by atoms with Crippen LogP contribution in [0.2, 0.25) is 0 Å². The molecule has 13 heteroatoms. The Morgan fingerprint density at radius 3 is 2.23 bits per heavy atom. The average Bonchev–Trinajstić information content (AvgIpc) is 3.51. The molecule has 232 valence electrons. The van der Waals surface area contributed by atoms with Crippen molar-refractivity contribution in [2.75, 3.05) is 27.4 Å². The van der Waals surface area contributed by atoms with Crippen molar-refractivity contribution >= 4 is 66.4 Å². The van der Waals surface area contributed by atoms with Gasteiger partial charge in [-0.1, -0.05) is 6.92 Å². The number of fused-ring (bicyclic) bond motifs is 2. The van der Waals surface area contributed by atoms with Crippen molar-refractivity contribution < 1.29 is 52.7 Å². The second-order valence-electron chi connectivity index (χ2n) is 10.5. The van der Waals surface area contributed by atoms with E-state index in [0.717, 1.165) is 21.4 Å². The van der Waals surface area contributed by atoms with Crippen LogP contribution in [0.15, 0.2) is 30.3 Å². The van der Waals surface area contributed by atoms with Crippen LogP contribution in [-0.4, -0.2) is 61.2 Å². The Balaban J connectivity index is 1.23. The first-order valence-corrected chi connectivity index (χ1v) is 15.4. The van der Waals surface area contributed by atoms with Gasteiger partial charge in [-0.05, 0) is 30.0 Å². The van der Waals surface area contributed by atoms with Crippen LogP contribution in [0.5, 0.6) is 23.0 Å². The van der Waals surface area contributed by atoms with Crippen molar-refractivity contribution in [2.24, 2.45) is 17.8 Å². The lowest BCUT2D eigenvalue weighted by Gasteiger charge is -2.13. The highest BCUT2D eigenvalue weighted by Crippen LogP contribution is 2.45. The minimum absolute atomic E-state index is 0.0844. The van der Waals surface area contributed by atoms with Crippen molar-refractivity contribution in [1.29, 1.82) is 0 Å². The summed E-state index contributed by atoms with van der Waals surface area (Å²) in [6.07, 6.45) is 0.557. The zero-order valence-corrected chi connectivity index (χ0v) is 25.6. The van der Waals surface area contributed by atoms with E-state index in [1.165, 1.54) is 38.5 Å². The number of hydrogen-bond acceptors (Lipinski definition) is 10. The molecule has 2 aromatic carbocycles. The number of methoxy groups -OCH3 is 2. The minimum Gasteiger partial charge on any atom is -0.493 e. The van der Waals surface area contributed by atoms with Crippen LogP contribution in [0.25, 0.3) is 20.2 Å². The molecule has 0 saturated heterocycles. The second kappa shape index (κ2) is 12.8. The summed E-state index contributed by atoms with van der Waals surface area (Å²) in [7, 11) is 2.88. The van der Waals surface area contributed by atoms with Crippen LogP contribution >= 0.6 is 22.7 Å². The molecule has 1 aliphatic carbocycles. The van der Waals surface area contributed by atoms with E-state index in [4.69, 9.17) is 29.2 Å². The molecule has 10 nitrogen and oxygen atoms in total. The summed E-state index contributed by atoms with van der Waals surface area (Å²) in [6, 6.07) is 8.23. The molecule has 2 aromatic heterocycles. The molecule has 0 unspecified atom stereocenters. The molecule has 0 spiro atoms. The van der Waals surface area contributed by atoms with E-state index in [0.29, 0.717) is 32.4 Å². The van der Waals surface area contributed by atoms with E-state index >= 15 is 4.39 Å². The highest BCUT2D eigenvalue weighted by molar-refractivity contribution is 7.21. The number of carbonyl (C=O) groups excluding carboxylic acids is 2. The molecule has 44 heavy (non-hydrogen) atoms. The first kappa shape index (κ1) is 31.2. The first-order valence-electron chi connectivity index (χ1n) is 13.7. The summed E-state index contributed by atoms with van der Waals surface area (Å²) >= 11 is 2.33. The number of halogens is 1. The summed E-state index contributed by atoms with van der Waals surface area (Å²) in [5.41, 5.74) is 0. The fourth-order valence-electron chi connectivity index (χ4n) is 4.79. The standard InChI is InChI=1S/C31H29FO10S2/c1-14(30(35)36)7-19(33)25-9-15-8-20(39-2)21(12-23(15)43-25)41-5-4-6-42-29-22(40-3)13-24-18(27(29)32)11-26(44-24)28(34)16-10-17(16)31(37)38/h8-9,11-14,16-17H,4-7,10H2,1-3H3,(H,35,36)(H,37,38)/t14-,16+,17+/m0/s1. The Morgan fingerprint density at radius 1 is 0.886 bits per heavy atom. The molecule has 4 aromatic rings. The zero-order valence-electron chi connectivity index (χ0n) is 24.0. The van der Waals surface area contributed by atoms with E-state index < -0.39 is 35.5 Å². The Kier molecular flexibility index (Phi) is 9.07. The van der Waals surface area contributed by atoms with Crippen LogP contribution < -0.4 is 18.9 Å². The van der Waals surface area contributed by atoms with Gasteiger partial charge in [0.2, 0.25) is 0 Å². The van der Waals surface area contributed by atoms with E-state index in [-0.39, 0.29) is 54.5 Å². The molecule has 5 rings (SSSR count). The first-order chi connectivity index (χ1) is 21.0. The van der Waals surface area contributed by atoms with Gasteiger partial charge in [0.1, 0.15) is 0 Å². The van der Waals surface area contributed by atoms with Crippen LogP contribution in [0.1, 0.15) is 45.5 Å². The third kappa shape index (κ3) is 6.34. The molecule has 0 bridgehead atoms. The molecular formula is C31H29FO10S2. The molecular weight excluding hydrogens is 615 g/mol. The van der Waals surface area contributed by atoms with Gasteiger partial charge < -0.3 is 29.2 Å².